The van der Waals surface area contributed by atoms with E-state index >= 15 is 0 Å². The lowest BCUT2D eigenvalue weighted by atomic mass is 10.2. The normalized spacial score (nSPS) is 17.2. The van der Waals surface area contributed by atoms with Crippen molar-refractivity contribution in [1.29, 1.82) is 5.26 Å². The quantitative estimate of drug-likeness (QED) is 0.766. The SMILES string of the molecule is Cc1c(C#N)c(NC(=O)CSc2nncn2C2CC2)n(C2CCCC2)c1C. The Morgan fingerprint density at radius 1 is 1.30 bits per heavy atom. The van der Waals surface area contributed by atoms with Crippen molar-refractivity contribution in [2.75, 3.05) is 11.1 Å². The molecule has 1 amide bonds. The molecule has 0 spiro atoms. The van der Waals surface area contributed by atoms with Crippen LogP contribution in [0.4, 0.5) is 5.82 Å². The van der Waals surface area contributed by atoms with Gasteiger partial charge in [-0.15, -0.1) is 10.2 Å². The minimum Gasteiger partial charge on any atom is -0.327 e. The Morgan fingerprint density at radius 3 is 2.70 bits per heavy atom. The van der Waals surface area contributed by atoms with Gasteiger partial charge in [0.25, 0.3) is 0 Å². The third kappa shape index (κ3) is 3.48. The number of hydrogen-bond donors (Lipinski definition) is 1. The van der Waals surface area contributed by atoms with Crippen molar-refractivity contribution in [3.05, 3.63) is 23.1 Å². The minimum atomic E-state index is -0.112. The molecule has 0 aliphatic heterocycles. The van der Waals surface area contributed by atoms with Gasteiger partial charge in [-0.3, -0.25) is 4.79 Å². The molecular weight excluding hydrogens is 360 g/mol. The van der Waals surface area contributed by atoms with Gasteiger partial charge in [0, 0.05) is 17.8 Å². The highest BCUT2D eigenvalue weighted by Crippen LogP contribution is 2.38. The van der Waals surface area contributed by atoms with Crippen LogP contribution in [0, 0.1) is 25.2 Å². The summed E-state index contributed by atoms with van der Waals surface area (Å²) in [6.07, 6.45) is 8.63. The molecule has 2 aromatic rings. The Morgan fingerprint density at radius 2 is 2.04 bits per heavy atom. The molecule has 0 unspecified atom stereocenters. The lowest BCUT2D eigenvalue weighted by Crippen LogP contribution is -2.20. The first-order valence-corrected chi connectivity index (χ1v) is 10.5. The molecule has 0 aromatic carbocycles. The van der Waals surface area contributed by atoms with Crippen molar-refractivity contribution in [3.8, 4) is 6.07 Å². The van der Waals surface area contributed by atoms with Crippen LogP contribution in [0.2, 0.25) is 0 Å². The van der Waals surface area contributed by atoms with Gasteiger partial charge in [0.05, 0.1) is 11.3 Å². The average molecular weight is 385 g/mol. The predicted molar refractivity (Wildman–Crippen MR) is 104 cm³/mol. The van der Waals surface area contributed by atoms with E-state index in [1.54, 1.807) is 6.33 Å². The lowest BCUT2D eigenvalue weighted by molar-refractivity contribution is -0.113. The van der Waals surface area contributed by atoms with E-state index in [-0.39, 0.29) is 11.7 Å². The van der Waals surface area contributed by atoms with Crippen molar-refractivity contribution in [2.24, 2.45) is 0 Å². The molecule has 7 nitrogen and oxygen atoms in total. The van der Waals surface area contributed by atoms with E-state index in [0.29, 0.717) is 23.5 Å². The van der Waals surface area contributed by atoms with Crippen LogP contribution < -0.4 is 5.32 Å². The van der Waals surface area contributed by atoms with Gasteiger partial charge in [-0.1, -0.05) is 24.6 Å². The summed E-state index contributed by atoms with van der Waals surface area (Å²) in [6, 6.07) is 3.14. The molecule has 2 aliphatic rings. The number of hydrogen-bond acceptors (Lipinski definition) is 5. The molecule has 0 radical (unpaired) electrons. The number of aromatic nitrogens is 4. The van der Waals surface area contributed by atoms with Crippen molar-refractivity contribution >= 4 is 23.5 Å². The number of carbonyl (C=O) groups is 1. The van der Waals surface area contributed by atoms with Gasteiger partial charge in [0.15, 0.2) is 5.16 Å². The number of nitriles is 1. The Kier molecular flexibility index (Phi) is 4.96. The smallest absolute Gasteiger partial charge is 0.235 e. The van der Waals surface area contributed by atoms with Crippen LogP contribution in [0.3, 0.4) is 0 Å². The third-order valence-electron chi connectivity index (χ3n) is 5.63. The van der Waals surface area contributed by atoms with Crippen LogP contribution in [0.15, 0.2) is 11.5 Å². The number of nitrogens with one attached hydrogen (secondary N) is 1. The Bertz CT molecular complexity index is 898. The first kappa shape index (κ1) is 18.1. The highest BCUT2D eigenvalue weighted by atomic mass is 32.2. The van der Waals surface area contributed by atoms with Gasteiger partial charge in [-0.2, -0.15) is 5.26 Å². The second-order valence-electron chi connectivity index (χ2n) is 7.44. The van der Waals surface area contributed by atoms with E-state index in [9.17, 15) is 10.1 Å². The average Bonchev–Trinajstić information content (AvgIpc) is 3.07. The maximum absolute atomic E-state index is 12.6. The van der Waals surface area contributed by atoms with Gasteiger partial charge < -0.3 is 14.5 Å². The number of carbonyl (C=O) groups excluding carboxylic acids is 1. The highest BCUT2D eigenvalue weighted by Gasteiger charge is 2.28. The van der Waals surface area contributed by atoms with Crippen molar-refractivity contribution in [1.82, 2.24) is 19.3 Å². The standard InChI is InChI=1S/C19H24N6OS/c1-12-13(2)25(15-5-3-4-6-15)18(16(12)9-20)22-17(26)10-27-19-23-21-11-24(19)14-7-8-14/h11,14-15H,3-8,10H2,1-2H3,(H,22,26). The number of amides is 1. The Hall–Kier alpha value is -2.27. The molecule has 8 heteroatoms. The summed E-state index contributed by atoms with van der Waals surface area (Å²) in [5.74, 6) is 0.803. The highest BCUT2D eigenvalue weighted by molar-refractivity contribution is 7.99. The van der Waals surface area contributed by atoms with Gasteiger partial charge >= 0.3 is 0 Å². The molecule has 2 heterocycles. The monoisotopic (exact) mass is 384 g/mol. The van der Waals surface area contributed by atoms with E-state index < -0.39 is 0 Å². The first-order chi connectivity index (χ1) is 13.1. The maximum Gasteiger partial charge on any atom is 0.235 e. The molecule has 4 rings (SSSR count). The summed E-state index contributed by atoms with van der Waals surface area (Å²) in [4.78, 5) is 12.6. The Labute approximate surface area is 163 Å². The van der Waals surface area contributed by atoms with Crippen LogP contribution in [0.5, 0.6) is 0 Å². The van der Waals surface area contributed by atoms with Crippen LogP contribution in [-0.2, 0) is 4.79 Å². The van der Waals surface area contributed by atoms with E-state index in [4.69, 9.17) is 0 Å². The topological polar surface area (TPSA) is 88.5 Å². The van der Waals surface area contributed by atoms with Gasteiger partial charge in [0.1, 0.15) is 18.2 Å². The number of anilines is 1. The second-order valence-corrected chi connectivity index (χ2v) is 8.39. The third-order valence-corrected chi connectivity index (χ3v) is 6.59. The molecule has 2 aliphatic carbocycles. The molecule has 0 atom stereocenters. The molecule has 0 bridgehead atoms. The molecular formula is C19H24N6OS. The number of thioether (sulfide) groups is 1. The van der Waals surface area contributed by atoms with E-state index in [2.05, 4.69) is 26.2 Å². The molecule has 142 valence electrons. The molecule has 27 heavy (non-hydrogen) atoms. The largest absolute Gasteiger partial charge is 0.327 e. The summed E-state index contributed by atoms with van der Waals surface area (Å²) in [6.45, 7) is 4.00. The zero-order chi connectivity index (χ0) is 19.0. The van der Waals surface area contributed by atoms with E-state index in [1.165, 1.54) is 24.6 Å². The number of nitrogens with zero attached hydrogens (tertiary/aromatic N) is 5. The summed E-state index contributed by atoms with van der Waals surface area (Å²) in [5.41, 5.74) is 2.62. The van der Waals surface area contributed by atoms with Crippen LogP contribution in [-0.4, -0.2) is 31.0 Å². The minimum absolute atomic E-state index is 0.112. The lowest BCUT2D eigenvalue weighted by Gasteiger charge is -2.19. The summed E-state index contributed by atoms with van der Waals surface area (Å²) in [5, 5.41) is 21.5. The van der Waals surface area contributed by atoms with Crippen molar-refractivity contribution in [3.63, 3.8) is 0 Å². The van der Waals surface area contributed by atoms with Gasteiger partial charge in [-0.25, -0.2) is 0 Å². The zero-order valence-electron chi connectivity index (χ0n) is 15.7. The molecule has 1 N–H and O–H groups in total. The second kappa shape index (κ2) is 7.39. The maximum atomic E-state index is 12.6. The molecule has 2 fully saturated rings. The fourth-order valence-electron chi connectivity index (χ4n) is 3.94. The number of rotatable bonds is 6. The van der Waals surface area contributed by atoms with Crippen LogP contribution in [0.1, 0.15) is 67.4 Å². The van der Waals surface area contributed by atoms with Crippen LogP contribution in [0.25, 0.3) is 0 Å². The predicted octanol–water partition coefficient (Wildman–Crippen LogP) is 3.75. The molecule has 2 saturated carbocycles. The fourth-order valence-corrected chi connectivity index (χ4v) is 4.72. The fraction of sp³-hybridized carbons (Fsp3) is 0.579. The van der Waals surface area contributed by atoms with Gasteiger partial charge in [-0.05, 0) is 45.1 Å². The van der Waals surface area contributed by atoms with Crippen LogP contribution >= 0.6 is 11.8 Å². The summed E-state index contributed by atoms with van der Waals surface area (Å²) >= 11 is 1.40. The van der Waals surface area contributed by atoms with Crippen molar-refractivity contribution < 1.29 is 4.79 Å². The first-order valence-electron chi connectivity index (χ1n) is 9.53. The van der Waals surface area contributed by atoms with Gasteiger partial charge in [0.2, 0.25) is 5.91 Å². The molecule has 2 aromatic heterocycles. The van der Waals surface area contributed by atoms with E-state index in [1.807, 2.05) is 18.4 Å². The van der Waals surface area contributed by atoms with Crippen molar-refractivity contribution in [2.45, 2.75) is 69.6 Å². The summed E-state index contributed by atoms with van der Waals surface area (Å²) < 4.78 is 4.23. The zero-order valence-corrected chi connectivity index (χ0v) is 16.6. The summed E-state index contributed by atoms with van der Waals surface area (Å²) in [7, 11) is 0. The molecule has 0 saturated heterocycles. The Balaban J connectivity index is 1.51. The van der Waals surface area contributed by atoms with E-state index in [0.717, 1.165) is 42.1 Å².